The van der Waals surface area contributed by atoms with Crippen LogP contribution in [0.2, 0.25) is 5.02 Å². The molecule has 0 aliphatic heterocycles. The molecule has 2 aromatic rings. The first kappa shape index (κ1) is 18.8. The third-order valence-corrected chi connectivity index (χ3v) is 3.54. The lowest BCUT2D eigenvalue weighted by molar-refractivity contribution is -0.114. The van der Waals surface area contributed by atoms with Gasteiger partial charge in [0.05, 0.1) is 24.4 Å². The Hall–Kier alpha value is -2.54. The molecule has 0 aromatic heterocycles. The second kappa shape index (κ2) is 8.53. The van der Waals surface area contributed by atoms with Gasteiger partial charge in [0.25, 0.3) is 0 Å². The lowest BCUT2D eigenvalue weighted by atomic mass is 10.2. The van der Waals surface area contributed by atoms with Gasteiger partial charge in [0, 0.05) is 11.8 Å². The summed E-state index contributed by atoms with van der Waals surface area (Å²) in [5.41, 5.74) is 1.91. The molecule has 0 fully saturated rings. The van der Waals surface area contributed by atoms with Gasteiger partial charge in [-0.25, -0.2) is 0 Å². The maximum atomic E-state index is 12.4. The molecule has 2 rings (SSSR count). The summed E-state index contributed by atoms with van der Waals surface area (Å²) >= 11 is 6.06. The van der Waals surface area contributed by atoms with E-state index in [4.69, 9.17) is 16.3 Å². The number of rotatable bonds is 7. The zero-order chi connectivity index (χ0) is 18.4. The molecular weight excluding hydrogens is 354 g/mol. The lowest BCUT2D eigenvalue weighted by Gasteiger charge is -2.13. The van der Waals surface area contributed by atoms with Crippen molar-refractivity contribution in [2.45, 2.75) is 13.5 Å². The van der Waals surface area contributed by atoms with Gasteiger partial charge in [-0.15, -0.1) is 0 Å². The summed E-state index contributed by atoms with van der Waals surface area (Å²) in [4.78, 5) is 12.0. The van der Waals surface area contributed by atoms with Gasteiger partial charge < -0.3 is 20.1 Å². The number of alkyl halides is 2. The van der Waals surface area contributed by atoms with E-state index in [0.29, 0.717) is 16.4 Å². The molecule has 0 unspecified atom stereocenters. The number of anilines is 2. The molecule has 25 heavy (non-hydrogen) atoms. The second-order valence-electron chi connectivity index (χ2n) is 5.13. The van der Waals surface area contributed by atoms with E-state index >= 15 is 0 Å². The predicted molar refractivity (Wildman–Crippen MR) is 92.9 cm³/mol. The van der Waals surface area contributed by atoms with Crippen molar-refractivity contribution < 1.29 is 23.0 Å². The van der Waals surface area contributed by atoms with Gasteiger partial charge in [0.1, 0.15) is 0 Å². The summed E-state index contributed by atoms with van der Waals surface area (Å²) in [6.07, 6.45) is 0. The fourth-order valence-corrected chi connectivity index (χ4v) is 2.36. The van der Waals surface area contributed by atoms with E-state index in [0.717, 1.165) is 5.56 Å². The molecule has 0 saturated heterocycles. The first-order valence-corrected chi connectivity index (χ1v) is 7.69. The molecule has 1 amide bonds. The normalized spacial score (nSPS) is 10.5. The van der Waals surface area contributed by atoms with Crippen LogP contribution in [0.1, 0.15) is 5.56 Å². The molecule has 0 saturated carbocycles. The molecule has 2 aromatic carbocycles. The minimum Gasteiger partial charge on any atom is -0.493 e. The number of hydrogen-bond acceptors (Lipinski definition) is 4. The maximum Gasteiger partial charge on any atom is 0.387 e. The van der Waals surface area contributed by atoms with E-state index in [1.165, 1.54) is 19.2 Å². The van der Waals surface area contributed by atoms with Crippen molar-refractivity contribution in [3.63, 3.8) is 0 Å². The van der Waals surface area contributed by atoms with Crippen LogP contribution >= 0.6 is 11.6 Å². The standard InChI is InChI=1S/C17H17ClF2N2O3/c1-10-3-5-13(12(18)7-10)22-16(23)9-21-11-4-6-14(24-2)15(8-11)25-17(19)20/h3-8,17,21H,9H2,1-2H3,(H,22,23). The van der Waals surface area contributed by atoms with Crippen LogP contribution in [-0.4, -0.2) is 26.2 Å². The van der Waals surface area contributed by atoms with Crippen molar-refractivity contribution >= 4 is 28.9 Å². The van der Waals surface area contributed by atoms with Crippen molar-refractivity contribution in [2.24, 2.45) is 0 Å². The van der Waals surface area contributed by atoms with Gasteiger partial charge in [0.15, 0.2) is 11.5 Å². The number of methoxy groups -OCH3 is 1. The van der Waals surface area contributed by atoms with E-state index in [2.05, 4.69) is 15.4 Å². The number of benzene rings is 2. The van der Waals surface area contributed by atoms with Gasteiger partial charge >= 0.3 is 6.61 Å². The van der Waals surface area contributed by atoms with Gasteiger partial charge in [-0.05, 0) is 36.8 Å². The van der Waals surface area contributed by atoms with Crippen LogP contribution in [0.4, 0.5) is 20.2 Å². The van der Waals surface area contributed by atoms with Crippen LogP contribution in [0.3, 0.4) is 0 Å². The fraction of sp³-hybridized carbons (Fsp3) is 0.235. The second-order valence-corrected chi connectivity index (χ2v) is 5.54. The number of amides is 1. The molecule has 0 aliphatic carbocycles. The Bertz CT molecular complexity index is 757. The van der Waals surface area contributed by atoms with Gasteiger partial charge in [-0.1, -0.05) is 17.7 Å². The molecule has 0 radical (unpaired) electrons. The average Bonchev–Trinajstić information content (AvgIpc) is 2.55. The van der Waals surface area contributed by atoms with Gasteiger partial charge in [-0.3, -0.25) is 4.79 Å². The van der Waals surface area contributed by atoms with Crippen LogP contribution in [-0.2, 0) is 4.79 Å². The largest absolute Gasteiger partial charge is 0.493 e. The number of nitrogens with one attached hydrogen (secondary N) is 2. The fourth-order valence-electron chi connectivity index (χ4n) is 2.07. The summed E-state index contributed by atoms with van der Waals surface area (Å²) in [7, 11) is 1.35. The third kappa shape index (κ3) is 5.49. The van der Waals surface area contributed by atoms with Gasteiger partial charge in [-0.2, -0.15) is 8.78 Å². The van der Waals surface area contributed by atoms with Crippen LogP contribution < -0.4 is 20.1 Å². The quantitative estimate of drug-likeness (QED) is 0.762. The Morgan fingerprint density at radius 1 is 1.20 bits per heavy atom. The summed E-state index contributed by atoms with van der Waals surface area (Å²) in [5, 5.41) is 5.93. The Balaban J connectivity index is 1.99. The third-order valence-electron chi connectivity index (χ3n) is 3.23. The topological polar surface area (TPSA) is 59.6 Å². The number of halogens is 3. The smallest absolute Gasteiger partial charge is 0.387 e. The molecule has 0 aliphatic rings. The minimum atomic E-state index is -2.98. The highest BCUT2D eigenvalue weighted by Gasteiger charge is 2.12. The van der Waals surface area contributed by atoms with Gasteiger partial charge in [0.2, 0.25) is 5.91 Å². The summed E-state index contributed by atoms with van der Waals surface area (Å²) in [6.45, 7) is -1.16. The molecule has 0 spiro atoms. The van der Waals surface area contributed by atoms with Crippen molar-refractivity contribution in [1.29, 1.82) is 0 Å². The highest BCUT2D eigenvalue weighted by molar-refractivity contribution is 6.33. The molecular formula is C17H17ClF2N2O3. The molecule has 8 heteroatoms. The molecule has 134 valence electrons. The molecule has 2 N–H and O–H groups in total. The highest BCUT2D eigenvalue weighted by Crippen LogP contribution is 2.31. The first-order valence-electron chi connectivity index (χ1n) is 7.31. The maximum absolute atomic E-state index is 12.4. The minimum absolute atomic E-state index is 0.0787. The number of hydrogen-bond donors (Lipinski definition) is 2. The monoisotopic (exact) mass is 370 g/mol. The number of carbonyl (C=O) groups excluding carboxylic acids is 1. The Morgan fingerprint density at radius 3 is 2.60 bits per heavy atom. The van der Waals surface area contributed by atoms with Crippen LogP contribution in [0, 0.1) is 6.92 Å². The molecule has 0 atom stereocenters. The Labute approximate surface area is 148 Å². The molecule has 0 heterocycles. The van der Waals surface area contributed by atoms with Crippen molar-refractivity contribution in [3.8, 4) is 11.5 Å². The molecule has 5 nitrogen and oxygen atoms in total. The lowest BCUT2D eigenvalue weighted by Crippen LogP contribution is -2.22. The van der Waals surface area contributed by atoms with E-state index in [-0.39, 0.29) is 24.0 Å². The van der Waals surface area contributed by atoms with Crippen molar-refractivity contribution in [1.82, 2.24) is 0 Å². The van der Waals surface area contributed by atoms with Crippen molar-refractivity contribution in [3.05, 3.63) is 47.0 Å². The summed E-state index contributed by atoms with van der Waals surface area (Å²) in [5.74, 6) is -0.288. The van der Waals surface area contributed by atoms with E-state index in [9.17, 15) is 13.6 Å². The van der Waals surface area contributed by atoms with Crippen LogP contribution in [0.5, 0.6) is 11.5 Å². The van der Waals surface area contributed by atoms with E-state index in [1.54, 1.807) is 18.2 Å². The number of ether oxygens (including phenoxy) is 2. The number of carbonyl (C=O) groups is 1. The van der Waals surface area contributed by atoms with Crippen molar-refractivity contribution in [2.75, 3.05) is 24.3 Å². The van der Waals surface area contributed by atoms with Crippen LogP contribution in [0.15, 0.2) is 36.4 Å². The SMILES string of the molecule is COc1ccc(NCC(=O)Nc2ccc(C)cc2Cl)cc1OC(F)F. The first-order chi connectivity index (χ1) is 11.9. The number of aryl methyl sites for hydroxylation is 1. The molecule has 0 bridgehead atoms. The Kier molecular flexibility index (Phi) is 6.41. The highest BCUT2D eigenvalue weighted by atomic mass is 35.5. The Morgan fingerprint density at radius 2 is 1.96 bits per heavy atom. The summed E-state index contributed by atoms with van der Waals surface area (Å²) in [6, 6.07) is 9.65. The zero-order valence-corrected chi connectivity index (χ0v) is 14.4. The average molecular weight is 371 g/mol. The zero-order valence-electron chi connectivity index (χ0n) is 13.6. The predicted octanol–water partition coefficient (Wildman–Crippen LogP) is 4.31. The summed E-state index contributed by atoms with van der Waals surface area (Å²) < 4.78 is 34.2. The van der Waals surface area contributed by atoms with Crippen LogP contribution in [0.25, 0.3) is 0 Å². The van der Waals surface area contributed by atoms with E-state index in [1.807, 2.05) is 13.0 Å². The van der Waals surface area contributed by atoms with E-state index < -0.39 is 6.61 Å².